The van der Waals surface area contributed by atoms with Crippen LogP contribution in [0.5, 0.6) is 0 Å². The van der Waals surface area contributed by atoms with Crippen LogP contribution in [0.2, 0.25) is 0 Å². The predicted molar refractivity (Wildman–Crippen MR) is 163 cm³/mol. The van der Waals surface area contributed by atoms with Crippen LogP contribution in [0.15, 0.2) is 47.1 Å². The van der Waals surface area contributed by atoms with E-state index >= 15 is 0 Å². The van der Waals surface area contributed by atoms with E-state index in [-0.39, 0.29) is 29.3 Å². The van der Waals surface area contributed by atoms with E-state index in [0.29, 0.717) is 11.8 Å². The van der Waals surface area contributed by atoms with Crippen LogP contribution in [0.4, 0.5) is 5.69 Å². The van der Waals surface area contributed by atoms with Gasteiger partial charge in [-0.05, 0) is 95.4 Å². The number of hydrogen-bond donors (Lipinski definition) is 3. The first kappa shape index (κ1) is 27.9. The molecule has 210 valence electrons. The summed E-state index contributed by atoms with van der Waals surface area (Å²) in [6.07, 6.45) is 10.4. The molecule has 39 heavy (non-hydrogen) atoms. The van der Waals surface area contributed by atoms with E-state index < -0.39 is 5.60 Å². The van der Waals surface area contributed by atoms with Crippen LogP contribution in [0.3, 0.4) is 0 Å². The van der Waals surface area contributed by atoms with Gasteiger partial charge in [-0.2, -0.15) is 0 Å². The molecule has 2 fully saturated rings. The van der Waals surface area contributed by atoms with Crippen molar-refractivity contribution in [2.75, 3.05) is 11.9 Å². The lowest BCUT2D eigenvalue weighted by Crippen LogP contribution is -2.49. The minimum Gasteiger partial charge on any atom is -0.385 e. The number of amides is 1. The van der Waals surface area contributed by atoms with Gasteiger partial charge < -0.3 is 15.7 Å². The van der Waals surface area contributed by atoms with Crippen molar-refractivity contribution in [3.05, 3.63) is 53.2 Å². The molecule has 1 heterocycles. The molecule has 5 nitrogen and oxygen atoms in total. The summed E-state index contributed by atoms with van der Waals surface area (Å²) in [5.74, 6) is 1.37. The van der Waals surface area contributed by atoms with Gasteiger partial charge in [0, 0.05) is 36.0 Å². The fourth-order valence-corrected chi connectivity index (χ4v) is 6.59. The lowest BCUT2D eigenvalue weighted by Gasteiger charge is -2.45. The first-order chi connectivity index (χ1) is 18.3. The van der Waals surface area contributed by atoms with E-state index in [1.54, 1.807) is 0 Å². The Hall–Kier alpha value is -2.66. The van der Waals surface area contributed by atoms with Crippen LogP contribution >= 0.6 is 0 Å². The third-order valence-corrected chi connectivity index (χ3v) is 9.43. The molecule has 2 aromatic carbocycles. The first-order valence-corrected chi connectivity index (χ1v) is 14.9. The Kier molecular flexibility index (Phi) is 7.43. The lowest BCUT2D eigenvalue weighted by molar-refractivity contribution is -0.121. The van der Waals surface area contributed by atoms with E-state index in [0.717, 1.165) is 56.2 Å². The molecule has 2 saturated carbocycles. The first-order valence-electron chi connectivity index (χ1n) is 14.9. The molecule has 2 aliphatic carbocycles. The quantitative estimate of drug-likeness (QED) is 0.376. The Balaban J connectivity index is 1.16. The third-order valence-electron chi connectivity index (χ3n) is 9.43. The van der Waals surface area contributed by atoms with E-state index in [1.807, 2.05) is 12.4 Å². The summed E-state index contributed by atoms with van der Waals surface area (Å²) in [5, 5.41) is 20.2. The second-order valence-corrected chi connectivity index (χ2v) is 14.4. The van der Waals surface area contributed by atoms with Gasteiger partial charge in [-0.15, -0.1) is 0 Å². The molecule has 3 aliphatic rings. The summed E-state index contributed by atoms with van der Waals surface area (Å²) >= 11 is 0. The molecule has 0 spiro atoms. The summed E-state index contributed by atoms with van der Waals surface area (Å²) in [6, 6.07) is 11.5. The highest BCUT2D eigenvalue weighted by molar-refractivity contribution is 5.96. The van der Waals surface area contributed by atoms with Gasteiger partial charge in [-0.3, -0.25) is 9.79 Å². The number of benzene rings is 2. The topological polar surface area (TPSA) is 73.7 Å². The number of aliphatic hydroxyl groups is 1. The van der Waals surface area contributed by atoms with E-state index in [4.69, 9.17) is 0 Å². The fraction of sp³-hybridized carbons (Fsp3) is 0.588. The maximum atomic E-state index is 13.0. The van der Waals surface area contributed by atoms with Crippen molar-refractivity contribution in [1.29, 1.82) is 0 Å². The minimum atomic E-state index is -0.655. The molecule has 5 rings (SSSR count). The zero-order valence-electron chi connectivity index (χ0n) is 24.7. The van der Waals surface area contributed by atoms with Gasteiger partial charge in [0.25, 0.3) is 0 Å². The number of carbonyl (C=O) groups is 1. The molecule has 1 aliphatic heterocycles. The fourth-order valence-electron chi connectivity index (χ4n) is 6.59. The number of carbonyl (C=O) groups excluding carboxylic acids is 1. The Morgan fingerprint density at radius 2 is 1.67 bits per heavy atom. The highest BCUT2D eigenvalue weighted by Gasteiger charge is 2.42. The van der Waals surface area contributed by atoms with Gasteiger partial charge in [0.15, 0.2) is 0 Å². The van der Waals surface area contributed by atoms with Gasteiger partial charge in [-0.1, -0.05) is 59.7 Å². The molecule has 0 atom stereocenters. The van der Waals surface area contributed by atoms with Gasteiger partial charge in [0.2, 0.25) is 5.91 Å². The summed E-state index contributed by atoms with van der Waals surface area (Å²) in [7, 11) is 0. The summed E-state index contributed by atoms with van der Waals surface area (Å²) < 4.78 is 0. The number of rotatable bonds is 6. The van der Waals surface area contributed by atoms with Crippen LogP contribution in [-0.4, -0.2) is 35.4 Å². The minimum absolute atomic E-state index is 0.0210. The molecule has 2 aromatic rings. The Morgan fingerprint density at radius 3 is 2.28 bits per heavy atom. The van der Waals surface area contributed by atoms with E-state index in [9.17, 15) is 9.90 Å². The van der Waals surface area contributed by atoms with Crippen molar-refractivity contribution in [2.45, 2.75) is 109 Å². The van der Waals surface area contributed by atoms with Crippen LogP contribution in [0, 0.1) is 11.8 Å². The monoisotopic (exact) mass is 529 g/mol. The average Bonchev–Trinajstić information content (AvgIpc) is 3.40. The highest BCUT2D eigenvalue weighted by Crippen LogP contribution is 2.46. The van der Waals surface area contributed by atoms with Gasteiger partial charge >= 0.3 is 0 Å². The second kappa shape index (κ2) is 10.4. The molecule has 1 amide bonds. The number of hydrogen-bond acceptors (Lipinski definition) is 4. The smallest absolute Gasteiger partial charge is 0.239 e. The van der Waals surface area contributed by atoms with Crippen LogP contribution in [-0.2, 0) is 15.6 Å². The van der Waals surface area contributed by atoms with Crippen molar-refractivity contribution in [1.82, 2.24) is 5.32 Å². The summed E-state index contributed by atoms with van der Waals surface area (Å²) in [4.78, 5) is 17.1. The highest BCUT2D eigenvalue weighted by atomic mass is 16.3. The number of anilines is 1. The standard InChI is InChI=1S/C34H47N3O2/c1-32(2,3)25-8-7-23-15-27(33(4,5)6)19-30(29(23)18-25)36-21-31(38)37-28-16-24(17-28)22-9-12-34(39,13-10-22)26-11-14-35-20-26/h7-8,14-15,18-20,22,24,28,36,39H,9-13,16-17,21H2,1-6H3,(H,37,38). The van der Waals surface area contributed by atoms with Crippen molar-refractivity contribution >= 4 is 28.6 Å². The summed E-state index contributed by atoms with van der Waals surface area (Å²) in [6.45, 7) is 13.7. The third kappa shape index (κ3) is 6.09. The Morgan fingerprint density at radius 1 is 0.974 bits per heavy atom. The largest absolute Gasteiger partial charge is 0.385 e. The molecule has 0 unspecified atom stereocenters. The Labute approximate surface area is 234 Å². The normalized spacial score (nSPS) is 27.3. The van der Waals surface area contributed by atoms with Crippen LogP contribution < -0.4 is 10.6 Å². The zero-order valence-corrected chi connectivity index (χ0v) is 24.7. The van der Waals surface area contributed by atoms with Crippen molar-refractivity contribution in [2.24, 2.45) is 16.8 Å². The number of nitrogens with zero attached hydrogens (tertiary/aromatic N) is 1. The van der Waals surface area contributed by atoms with Crippen molar-refractivity contribution in [3.8, 4) is 0 Å². The number of nitrogens with one attached hydrogen (secondary N) is 2. The molecular weight excluding hydrogens is 482 g/mol. The molecule has 5 heteroatoms. The zero-order chi connectivity index (χ0) is 28.0. The van der Waals surface area contributed by atoms with E-state index in [1.165, 1.54) is 21.9 Å². The molecule has 0 radical (unpaired) electrons. The van der Waals surface area contributed by atoms with Gasteiger partial charge in [0.1, 0.15) is 0 Å². The Bertz CT molecular complexity index is 1280. The van der Waals surface area contributed by atoms with Gasteiger partial charge in [-0.25, -0.2) is 0 Å². The molecule has 0 aromatic heterocycles. The molecular formula is C34H47N3O2. The molecule has 3 N–H and O–H groups in total. The average molecular weight is 530 g/mol. The predicted octanol–water partition coefficient (Wildman–Crippen LogP) is 7.02. The van der Waals surface area contributed by atoms with Crippen molar-refractivity contribution in [3.63, 3.8) is 0 Å². The molecule has 0 bridgehead atoms. The van der Waals surface area contributed by atoms with E-state index in [2.05, 4.69) is 87.5 Å². The van der Waals surface area contributed by atoms with Crippen molar-refractivity contribution < 1.29 is 9.90 Å². The second-order valence-electron chi connectivity index (χ2n) is 14.4. The maximum Gasteiger partial charge on any atom is 0.239 e. The van der Waals surface area contributed by atoms with Gasteiger partial charge in [0.05, 0.1) is 12.1 Å². The maximum absolute atomic E-state index is 13.0. The van der Waals surface area contributed by atoms with Crippen LogP contribution in [0.1, 0.15) is 97.6 Å². The number of fused-ring (bicyclic) bond motifs is 1. The number of aliphatic imine (C=N–C) groups is 1. The molecule has 0 saturated heterocycles. The lowest BCUT2D eigenvalue weighted by atomic mass is 9.64. The SMILES string of the molecule is CC(C)(C)c1cc(NCC(=O)NC2CC(C3CCC(O)(C4=CN=CC4)CC3)C2)c2cc(C(C)(C)C)ccc2c1. The summed E-state index contributed by atoms with van der Waals surface area (Å²) in [5.41, 5.74) is 4.10. The van der Waals surface area contributed by atoms with Crippen LogP contribution in [0.25, 0.3) is 10.8 Å².